The fourth-order valence-corrected chi connectivity index (χ4v) is 4.37. The number of rotatable bonds is 4. The standard InChI is InChI=1S/C18H11ClN2O2S2/c19-13-7-16-15(22-10-23-16)6-12(13)9-25-18-11(8-20)3-4-14(21-18)17-2-1-5-24-17/h1-7H,9-10H2. The lowest BCUT2D eigenvalue weighted by Gasteiger charge is -2.08. The zero-order valence-electron chi connectivity index (χ0n) is 12.9. The third kappa shape index (κ3) is 3.31. The minimum absolute atomic E-state index is 0.214. The van der Waals surface area contributed by atoms with E-state index in [1.54, 1.807) is 17.4 Å². The molecule has 0 atom stereocenters. The van der Waals surface area contributed by atoms with Gasteiger partial charge >= 0.3 is 0 Å². The van der Waals surface area contributed by atoms with Crippen LogP contribution in [0.15, 0.2) is 46.8 Å². The van der Waals surface area contributed by atoms with Gasteiger partial charge in [0.25, 0.3) is 0 Å². The molecule has 0 amide bonds. The summed E-state index contributed by atoms with van der Waals surface area (Å²) in [7, 11) is 0. The van der Waals surface area contributed by atoms with Crippen molar-refractivity contribution >= 4 is 34.7 Å². The van der Waals surface area contributed by atoms with Crippen LogP contribution in [0.5, 0.6) is 11.5 Å². The van der Waals surface area contributed by atoms with Crippen LogP contribution in [0.4, 0.5) is 0 Å². The van der Waals surface area contributed by atoms with E-state index in [0.29, 0.717) is 32.9 Å². The van der Waals surface area contributed by atoms with Gasteiger partial charge in [0.1, 0.15) is 11.1 Å². The number of nitriles is 1. The highest BCUT2D eigenvalue weighted by Crippen LogP contribution is 2.39. The van der Waals surface area contributed by atoms with Crippen molar-refractivity contribution < 1.29 is 9.47 Å². The van der Waals surface area contributed by atoms with Crippen molar-refractivity contribution in [3.05, 3.63) is 57.9 Å². The smallest absolute Gasteiger partial charge is 0.231 e. The van der Waals surface area contributed by atoms with Gasteiger partial charge in [-0.15, -0.1) is 23.1 Å². The van der Waals surface area contributed by atoms with Gasteiger partial charge in [0.2, 0.25) is 6.79 Å². The van der Waals surface area contributed by atoms with Gasteiger partial charge in [-0.2, -0.15) is 5.26 Å². The molecule has 0 radical (unpaired) electrons. The van der Waals surface area contributed by atoms with E-state index in [2.05, 4.69) is 11.1 Å². The van der Waals surface area contributed by atoms with Gasteiger partial charge in [0.15, 0.2) is 11.5 Å². The lowest BCUT2D eigenvalue weighted by molar-refractivity contribution is 0.174. The van der Waals surface area contributed by atoms with E-state index in [0.717, 1.165) is 16.1 Å². The lowest BCUT2D eigenvalue weighted by atomic mass is 10.2. The molecular weight excluding hydrogens is 376 g/mol. The van der Waals surface area contributed by atoms with E-state index in [1.165, 1.54) is 11.8 Å². The molecule has 1 aliphatic rings. The maximum Gasteiger partial charge on any atom is 0.231 e. The second kappa shape index (κ2) is 6.96. The van der Waals surface area contributed by atoms with E-state index in [4.69, 9.17) is 21.1 Å². The molecule has 0 N–H and O–H groups in total. The summed E-state index contributed by atoms with van der Waals surface area (Å²) < 4.78 is 10.7. The van der Waals surface area contributed by atoms with Gasteiger partial charge in [-0.05, 0) is 35.2 Å². The Morgan fingerprint density at radius 3 is 2.84 bits per heavy atom. The Hall–Kier alpha value is -2.20. The first-order valence-electron chi connectivity index (χ1n) is 7.40. The van der Waals surface area contributed by atoms with Crippen LogP contribution < -0.4 is 9.47 Å². The van der Waals surface area contributed by atoms with Crippen LogP contribution in [0.25, 0.3) is 10.6 Å². The van der Waals surface area contributed by atoms with Crippen LogP contribution in [0.2, 0.25) is 5.02 Å². The van der Waals surface area contributed by atoms with E-state index >= 15 is 0 Å². The Morgan fingerprint density at radius 2 is 2.08 bits per heavy atom. The molecule has 3 heterocycles. The first kappa shape index (κ1) is 16.3. The summed E-state index contributed by atoms with van der Waals surface area (Å²) in [5.74, 6) is 1.94. The molecule has 1 aliphatic heterocycles. The Bertz CT molecular complexity index is 968. The molecule has 0 fully saturated rings. The molecule has 0 saturated carbocycles. The number of thioether (sulfide) groups is 1. The van der Waals surface area contributed by atoms with Crippen molar-refractivity contribution in [2.45, 2.75) is 10.8 Å². The summed E-state index contributed by atoms with van der Waals surface area (Å²) >= 11 is 9.44. The average molecular weight is 387 g/mol. The number of ether oxygens (including phenoxy) is 2. The second-order valence-corrected chi connectivity index (χ2v) is 7.54. The first-order valence-corrected chi connectivity index (χ1v) is 9.65. The molecule has 0 bridgehead atoms. The van der Waals surface area contributed by atoms with Crippen molar-refractivity contribution in [1.29, 1.82) is 5.26 Å². The van der Waals surface area contributed by atoms with Crippen LogP contribution in [0, 0.1) is 11.3 Å². The molecule has 124 valence electrons. The maximum atomic E-state index is 9.36. The van der Waals surface area contributed by atoms with Crippen molar-refractivity contribution in [1.82, 2.24) is 4.98 Å². The number of nitrogens with zero attached hydrogens (tertiary/aromatic N) is 2. The molecule has 0 unspecified atom stereocenters. The van der Waals surface area contributed by atoms with Crippen molar-refractivity contribution in [2.24, 2.45) is 0 Å². The number of thiophene rings is 1. The summed E-state index contributed by atoms with van der Waals surface area (Å²) in [6.45, 7) is 0.214. The monoisotopic (exact) mass is 386 g/mol. The average Bonchev–Trinajstić information content (AvgIpc) is 3.31. The van der Waals surface area contributed by atoms with Gasteiger partial charge in [0.05, 0.1) is 16.1 Å². The zero-order valence-corrected chi connectivity index (χ0v) is 15.2. The zero-order chi connectivity index (χ0) is 17.2. The number of hydrogen-bond donors (Lipinski definition) is 0. The Kier molecular flexibility index (Phi) is 4.53. The highest BCUT2D eigenvalue weighted by Gasteiger charge is 2.17. The fraction of sp³-hybridized carbons (Fsp3) is 0.111. The van der Waals surface area contributed by atoms with Crippen LogP contribution in [-0.4, -0.2) is 11.8 Å². The summed E-state index contributed by atoms with van der Waals surface area (Å²) in [4.78, 5) is 5.73. The third-order valence-electron chi connectivity index (χ3n) is 3.66. The molecule has 2 aromatic heterocycles. The summed E-state index contributed by atoms with van der Waals surface area (Å²) in [6, 6.07) is 13.5. The summed E-state index contributed by atoms with van der Waals surface area (Å²) in [5.41, 5.74) is 2.35. The molecule has 4 nitrogen and oxygen atoms in total. The van der Waals surface area contributed by atoms with Gasteiger partial charge in [-0.25, -0.2) is 4.98 Å². The number of benzene rings is 1. The number of hydrogen-bond acceptors (Lipinski definition) is 6. The molecule has 0 aliphatic carbocycles. The Labute approximate surface area is 158 Å². The predicted octanol–water partition coefficient (Wildman–Crippen LogP) is 5.36. The van der Waals surface area contributed by atoms with Crippen molar-refractivity contribution in [3.8, 4) is 28.1 Å². The number of aromatic nitrogens is 1. The van der Waals surface area contributed by atoms with Gasteiger partial charge < -0.3 is 9.47 Å². The molecule has 0 saturated heterocycles. The molecule has 4 rings (SSSR count). The van der Waals surface area contributed by atoms with Crippen molar-refractivity contribution in [3.63, 3.8) is 0 Å². The Morgan fingerprint density at radius 1 is 1.24 bits per heavy atom. The van der Waals surface area contributed by atoms with Gasteiger partial charge in [-0.3, -0.25) is 0 Å². The second-order valence-electron chi connectivity index (χ2n) is 5.22. The predicted molar refractivity (Wildman–Crippen MR) is 99.4 cm³/mol. The van der Waals surface area contributed by atoms with Crippen LogP contribution in [0.1, 0.15) is 11.1 Å². The van der Waals surface area contributed by atoms with E-state index in [-0.39, 0.29) is 6.79 Å². The number of pyridine rings is 1. The highest BCUT2D eigenvalue weighted by atomic mass is 35.5. The van der Waals surface area contributed by atoms with E-state index in [9.17, 15) is 5.26 Å². The quantitative estimate of drug-likeness (QED) is 0.565. The normalized spacial score (nSPS) is 12.2. The van der Waals surface area contributed by atoms with Gasteiger partial charge in [-0.1, -0.05) is 17.7 Å². The minimum Gasteiger partial charge on any atom is -0.454 e. The topological polar surface area (TPSA) is 55.1 Å². The molecule has 3 aromatic rings. The van der Waals surface area contributed by atoms with Crippen LogP contribution >= 0.6 is 34.7 Å². The van der Waals surface area contributed by atoms with Crippen molar-refractivity contribution in [2.75, 3.05) is 6.79 Å². The third-order valence-corrected chi connectivity index (χ3v) is 5.94. The molecule has 25 heavy (non-hydrogen) atoms. The van der Waals surface area contributed by atoms with Crippen LogP contribution in [-0.2, 0) is 5.75 Å². The maximum absolute atomic E-state index is 9.36. The summed E-state index contributed by atoms with van der Waals surface area (Å²) in [5, 5.41) is 12.7. The SMILES string of the molecule is N#Cc1ccc(-c2cccs2)nc1SCc1cc2c(cc1Cl)OCO2. The number of halogens is 1. The van der Waals surface area contributed by atoms with E-state index < -0.39 is 0 Å². The molecule has 0 spiro atoms. The minimum atomic E-state index is 0.214. The van der Waals surface area contributed by atoms with E-state index in [1.807, 2.05) is 35.7 Å². The van der Waals surface area contributed by atoms with Gasteiger partial charge in [0, 0.05) is 16.8 Å². The molecular formula is C18H11ClN2O2S2. The lowest BCUT2D eigenvalue weighted by Crippen LogP contribution is -1.93. The molecule has 7 heteroatoms. The number of fused-ring (bicyclic) bond motifs is 1. The first-order chi connectivity index (χ1) is 12.2. The Balaban J connectivity index is 1.60. The fourth-order valence-electron chi connectivity index (χ4n) is 2.41. The highest BCUT2D eigenvalue weighted by molar-refractivity contribution is 7.98. The summed E-state index contributed by atoms with van der Waals surface area (Å²) in [6.07, 6.45) is 0. The van der Waals surface area contributed by atoms with Crippen LogP contribution in [0.3, 0.4) is 0 Å². The largest absolute Gasteiger partial charge is 0.454 e. The molecule has 1 aromatic carbocycles.